The number of aromatic nitrogens is 3. The van der Waals surface area contributed by atoms with Crippen LogP contribution in [-0.4, -0.2) is 14.8 Å². The van der Waals surface area contributed by atoms with Gasteiger partial charge < -0.3 is 9.88 Å². The molecule has 0 aliphatic heterocycles. The number of hydrogen-bond donors (Lipinski definition) is 1. The minimum absolute atomic E-state index is 0.151. The minimum atomic E-state index is 0.151. The summed E-state index contributed by atoms with van der Waals surface area (Å²) in [4.78, 5) is 1.23. The van der Waals surface area contributed by atoms with E-state index in [1.54, 1.807) is 17.7 Å². The van der Waals surface area contributed by atoms with Crippen LogP contribution in [0.5, 0.6) is 0 Å². The lowest BCUT2D eigenvalue weighted by molar-refractivity contribution is 0.470. The van der Waals surface area contributed by atoms with Gasteiger partial charge in [-0.25, -0.2) is 0 Å². The molecule has 0 spiro atoms. The summed E-state index contributed by atoms with van der Waals surface area (Å²) in [5, 5.41) is 11.5. The molecule has 0 aliphatic rings. The summed E-state index contributed by atoms with van der Waals surface area (Å²) >= 11 is 7.53. The Labute approximate surface area is 110 Å². The average Bonchev–Trinajstić information content (AvgIpc) is 2.86. The second-order valence-corrected chi connectivity index (χ2v) is 5.80. The lowest BCUT2D eigenvalue weighted by Gasteiger charge is -2.18. The molecule has 2 rings (SSSR count). The van der Waals surface area contributed by atoms with E-state index in [2.05, 4.69) is 29.4 Å². The fraction of sp³-hybridized carbons (Fsp3) is 0.455. The topological polar surface area (TPSA) is 42.7 Å². The zero-order valence-electron chi connectivity index (χ0n) is 10.0. The van der Waals surface area contributed by atoms with Crippen molar-refractivity contribution in [1.82, 2.24) is 20.1 Å². The van der Waals surface area contributed by atoms with Crippen LogP contribution in [0.4, 0.5) is 0 Å². The number of nitrogens with zero attached hydrogens (tertiary/aromatic N) is 3. The van der Waals surface area contributed by atoms with Gasteiger partial charge in [0.1, 0.15) is 12.2 Å². The number of halogens is 1. The predicted molar refractivity (Wildman–Crippen MR) is 70.3 cm³/mol. The fourth-order valence-electron chi connectivity index (χ4n) is 1.78. The van der Waals surface area contributed by atoms with Crippen molar-refractivity contribution in [2.75, 3.05) is 0 Å². The summed E-state index contributed by atoms with van der Waals surface area (Å²) in [6, 6.07) is 4.37. The van der Waals surface area contributed by atoms with Gasteiger partial charge in [0.2, 0.25) is 0 Å². The molecule has 17 heavy (non-hydrogen) atoms. The smallest absolute Gasteiger partial charge is 0.149 e. The van der Waals surface area contributed by atoms with Crippen molar-refractivity contribution < 1.29 is 0 Å². The summed E-state index contributed by atoms with van der Waals surface area (Å²) in [5.74, 6) is 0.930. The predicted octanol–water partition coefficient (Wildman–Crippen LogP) is 2.94. The van der Waals surface area contributed by atoms with E-state index in [-0.39, 0.29) is 12.1 Å². The second-order valence-electron chi connectivity index (χ2n) is 4.05. The van der Waals surface area contributed by atoms with E-state index in [0.29, 0.717) is 0 Å². The Hall–Kier alpha value is -0.910. The highest BCUT2D eigenvalue weighted by atomic mass is 35.5. The van der Waals surface area contributed by atoms with Crippen molar-refractivity contribution >= 4 is 22.9 Å². The van der Waals surface area contributed by atoms with Crippen LogP contribution >= 0.6 is 22.9 Å². The molecule has 0 saturated heterocycles. The fourth-order valence-corrected chi connectivity index (χ4v) is 2.85. The van der Waals surface area contributed by atoms with Gasteiger partial charge in [-0.3, -0.25) is 0 Å². The maximum absolute atomic E-state index is 5.93. The first-order valence-corrected chi connectivity index (χ1v) is 6.62. The van der Waals surface area contributed by atoms with Crippen LogP contribution < -0.4 is 5.32 Å². The third-order valence-electron chi connectivity index (χ3n) is 2.65. The SMILES string of the molecule is CC(NC(C)c1nncn1C)c1ccc(Cl)s1. The van der Waals surface area contributed by atoms with Gasteiger partial charge in [0.25, 0.3) is 0 Å². The Morgan fingerprint density at radius 2 is 2.12 bits per heavy atom. The highest BCUT2D eigenvalue weighted by Gasteiger charge is 2.16. The van der Waals surface area contributed by atoms with Crippen molar-refractivity contribution in [2.45, 2.75) is 25.9 Å². The lowest BCUT2D eigenvalue weighted by atomic mass is 10.2. The third kappa shape index (κ3) is 2.86. The number of nitrogens with one attached hydrogen (secondary N) is 1. The molecule has 0 saturated carbocycles. The number of aryl methyl sites for hydroxylation is 1. The number of hydrogen-bond acceptors (Lipinski definition) is 4. The Balaban J connectivity index is 2.04. The first kappa shape index (κ1) is 12.5. The van der Waals surface area contributed by atoms with Gasteiger partial charge in [0.05, 0.1) is 10.4 Å². The molecule has 0 amide bonds. The molecule has 2 aromatic rings. The van der Waals surface area contributed by atoms with Crippen LogP contribution in [0.3, 0.4) is 0 Å². The zero-order chi connectivity index (χ0) is 12.4. The van der Waals surface area contributed by atoms with Crippen LogP contribution in [0.2, 0.25) is 4.34 Å². The highest BCUT2D eigenvalue weighted by molar-refractivity contribution is 7.16. The highest BCUT2D eigenvalue weighted by Crippen LogP contribution is 2.28. The van der Waals surface area contributed by atoms with Crippen LogP contribution in [0, 0.1) is 0 Å². The van der Waals surface area contributed by atoms with Crippen LogP contribution in [0.15, 0.2) is 18.5 Å². The van der Waals surface area contributed by atoms with E-state index in [1.807, 2.05) is 23.7 Å². The third-order valence-corrected chi connectivity index (χ3v) is 4.07. The number of thiophene rings is 1. The van der Waals surface area contributed by atoms with Crippen molar-refractivity contribution in [2.24, 2.45) is 7.05 Å². The lowest BCUT2D eigenvalue weighted by Crippen LogP contribution is -2.24. The monoisotopic (exact) mass is 270 g/mol. The number of rotatable bonds is 4. The molecule has 0 aromatic carbocycles. The molecule has 2 atom stereocenters. The van der Waals surface area contributed by atoms with E-state index < -0.39 is 0 Å². The van der Waals surface area contributed by atoms with Crippen molar-refractivity contribution in [3.8, 4) is 0 Å². The molecular formula is C11H15ClN4S. The summed E-state index contributed by atoms with van der Waals surface area (Å²) < 4.78 is 2.74. The normalized spacial score (nSPS) is 14.8. The van der Waals surface area contributed by atoms with Gasteiger partial charge in [-0.1, -0.05) is 11.6 Å². The summed E-state index contributed by atoms with van der Waals surface area (Å²) in [6.45, 7) is 4.20. The molecule has 2 heterocycles. The summed E-state index contributed by atoms with van der Waals surface area (Å²) in [6.07, 6.45) is 1.71. The molecule has 0 aliphatic carbocycles. The average molecular weight is 271 g/mol. The molecule has 1 N–H and O–H groups in total. The van der Waals surface area contributed by atoms with Crippen LogP contribution in [-0.2, 0) is 7.05 Å². The van der Waals surface area contributed by atoms with E-state index in [1.165, 1.54) is 4.88 Å². The van der Waals surface area contributed by atoms with Crippen molar-refractivity contribution in [1.29, 1.82) is 0 Å². The standard InChI is InChI=1S/C11H15ClN4S/c1-7(9-4-5-10(12)17-9)14-8(2)11-15-13-6-16(11)3/h4-8,14H,1-3H3. The van der Waals surface area contributed by atoms with E-state index in [4.69, 9.17) is 11.6 Å². The molecule has 6 heteroatoms. The Morgan fingerprint density at radius 1 is 1.35 bits per heavy atom. The zero-order valence-corrected chi connectivity index (χ0v) is 11.6. The van der Waals surface area contributed by atoms with Gasteiger partial charge in [0, 0.05) is 18.0 Å². The summed E-state index contributed by atoms with van der Waals surface area (Å²) in [5.41, 5.74) is 0. The van der Waals surface area contributed by atoms with E-state index in [9.17, 15) is 0 Å². The second kappa shape index (κ2) is 5.16. The van der Waals surface area contributed by atoms with Gasteiger partial charge in [-0.2, -0.15) is 0 Å². The molecule has 4 nitrogen and oxygen atoms in total. The van der Waals surface area contributed by atoms with E-state index >= 15 is 0 Å². The van der Waals surface area contributed by atoms with Crippen molar-refractivity contribution in [3.05, 3.63) is 33.5 Å². The summed E-state index contributed by atoms with van der Waals surface area (Å²) in [7, 11) is 1.94. The van der Waals surface area contributed by atoms with Crippen molar-refractivity contribution in [3.63, 3.8) is 0 Å². The maximum Gasteiger partial charge on any atom is 0.149 e. The first-order chi connectivity index (χ1) is 8.08. The largest absolute Gasteiger partial charge is 0.319 e. The van der Waals surface area contributed by atoms with Gasteiger partial charge in [0.15, 0.2) is 0 Å². The van der Waals surface area contributed by atoms with Gasteiger partial charge in [-0.15, -0.1) is 21.5 Å². The quantitative estimate of drug-likeness (QED) is 0.929. The Morgan fingerprint density at radius 3 is 2.65 bits per heavy atom. The molecule has 2 unspecified atom stereocenters. The van der Waals surface area contributed by atoms with Crippen LogP contribution in [0.1, 0.15) is 36.6 Å². The van der Waals surface area contributed by atoms with Gasteiger partial charge >= 0.3 is 0 Å². The Kier molecular flexibility index (Phi) is 3.81. The molecule has 2 aromatic heterocycles. The first-order valence-electron chi connectivity index (χ1n) is 5.43. The molecule has 0 fully saturated rings. The van der Waals surface area contributed by atoms with E-state index in [0.717, 1.165) is 10.2 Å². The Bertz CT molecular complexity index is 493. The maximum atomic E-state index is 5.93. The molecule has 0 bridgehead atoms. The molecule has 0 radical (unpaired) electrons. The molecular weight excluding hydrogens is 256 g/mol. The van der Waals surface area contributed by atoms with Crippen LogP contribution in [0.25, 0.3) is 0 Å². The minimum Gasteiger partial charge on any atom is -0.319 e. The molecule has 92 valence electrons. The van der Waals surface area contributed by atoms with Gasteiger partial charge in [-0.05, 0) is 26.0 Å².